The molecule has 8 heteroatoms. The first-order valence-electron chi connectivity index (χ1n) is 7.92. The van der Waals surface area contributed by atoms with Gasteiger partial charge in [0, 0.05) is 18.1 Å². The Morgan fingerprint density at radius 2 is 2.00 bits per heavy atom. The summed E-state index contributed by atoms with van der Waals surface area (Å²) in [5.74, 6) is -2.44. The zero-order valence-electron chi connectivity index (χ0n) is 12.7. The number of halogens is 3. The topological polar surface area (TPSA) is 36.9 Å². The molecule has 0 aromatic heterocycles. The van der Waals surface area contributed by atoms with Crippen LogP contribution < -0.4 is 0 Å². The van der Waals surface area contributed by atoms with Crippen molar-refractivity contribution in [2.75, 3.05) is 5.75 Å². The van der Waals surface area contributed by atoms with E-state index in [2.05, 4.69) is 12.6 Å². The van der Waals surface area contributed by atoms with Crippen LogP contribution in [0.15, 0.2) is 11.3 Å². The number of fused-ring (bicyclic) bond motifs is 2. The molecular weight excluding hydrogens is 333 g/mol. The number of thiol groups is 1. The molecule has 1 saturated carbocycles. The Hall–Kier alpha value is -0.440. The molecule has 5 rings (SSSR count). The molecule has 0 aromatic rings. The van der Waals surface area contributed by atoms with Crippen molar-refractivity contribution in [3.8, 4) is 0 Å². The molecule has 4 nitrogen and oxygen atoms in total. The number of ether oxygens (including phenoxy) is 2. The van der Waals surface area contributed by atoms with Crippen molar-refractivity contribution in [2.24, 2.45) is 11.8 Å². The highest BCUT2D eigenvalue weighted by Crippen LogP contribution is 2.60. The van der Waals surface area contributed by atoms with Crippen molar-refractivity contribution < 1.29 is 32.4 Å². The van der Waals surface area contributed by atoms with E-state index >= 15 is 0 Å². The molecule has 4 fully saturated rings. The van der Waals surface area contributed by atoms with Crippen molar-refractivity contribution in [3.63, 3.8) is 0 Å². The van der Waals surface area contributed by atoms with Gasteiger partial charge < -0.3 is 9.47 Å². The summed E-state index contributed by atoms with van der Waals surface area (Å²) in [7, 11) is 0. The van der Waals surface area contributed by atoms with E-state index in [1.807, 2.05) is 0 Å². The molecule has 0 radical (unpaired) electrons. The molecule has 2 bridgehead atoms. The summed E-state index contributed by atoms with van der Waals surface area (Å²) >= 11 is 4.14. The summed E-state index contributed by atoms with van der Waals surface area (Å²) < 4.78 is 51.5. The van der Waals surface area contributed by atoms with Gasteiger partial charge in [0.1, 0.15) is 0 Å². The molecule has 4 aliphatic heterocycles. The summed E-state index contributed by atoms with van der Waals surface area (Å²) in [6.07, 6.45) is -1.98. The summed E-state index contributed by atoms with van der Waals surface area (Å²) in [6, 6.07) is 0. The van der Waals surface area contributed by atoms with Crippen LogP contribution in [0, 0.1) is 11.8 Å². The van der Waals surface area contributed by atoms with Crippen LogP contribution in [0.3, 0.4) is 0 Å². The standard InChI is InChI=1S/C15H19F3O4S/c1-13-6-5-8-3-2-4-10-9(7-23)11(15(16,17)18)19-12(20-13)14(8,10)22-21-13/h8,10,12,23H,2-7H2,1H3/t8?,10-,12?,13-,14+/m0/s1. The monoisotopic (exact) mass is 352 g/mol. The number of hydrogen-bond acceptors (Lipinski definition) is 5. The van der Waals surface area contributed by atoms with E-state index in [1.165, 1.54) is 0 Å². The SMILES string of the molecule is C[C@]12CCC3CCC[C@H]4C(CS)=C(C(F)(F)F)OC(O1)[C@@]34OO2. The normalized spacial score (nSPS) is 46.2. The lowest BCUT2D eigenvalue weighted by molar-refractivity contribution is -0.556. The molecule has 130 valence electrons. The molecule has 1 aliphatic carbocycles. The number of alkyl halides is 3. The Labute approximate surface area is 137 Å². The maximum Gasteiger partial charge on any atom is 0.449 e. The molecule has 0 aromatic carbocycles. The molecular formula is C15H19F3O4S. The minimum absolute atomic E-state index is 0.0265. The highest BCUT2D eigenvalue weighted by atomic mass is 32.1. The van der Waals surface area contributed by atoms with Crippen molar-refractivity contribution in [3.05, 3.63) is 11.3 Å². The Balaban J connectivity index is 1.87. The predicted molar refractivity (Wildman–Crippen MR) is 76.3 cm³/mol. The maximum absolute atomic E-state index is 13.5. The molecule has 0 amide bonds. The van der Waals surface area contributed by atoms with Gasteiger partial charge in [-0.2, -0.15) is 25.8 Å². The lowest BCUT2D eigenvalue weighted by Crippen LogP contribution is -2.66. The first kappa shape index (κ1) is 16.1. The van der Waals surface area contributed by atoms with E-state index in [0.29, 0.717) is 12.8 Å². The van der Waals surface area contributed by atoms with Crippen molar-refractivity contribution in [2.45, 2.75) is 62.9 Å². The summed E-state index contributed by atoms with van der Waals surface area (Å²) in [6.45, 7) is 1.68. The Kier molecular flexibility index (Phi) is 3.51. The third kappa shape index (κ3) is 2.18. The summed E-state index contributed by atoms with van der Waals surface area (Å²) in [5.41, 5.74) is -0.847. The Morgan fingerprint density at radius 3 is 2.70 bits per heavy atom. The smallest absolute Gasteiger partial charge is 0.449 e. The lowest BCUT2D eigenvalue weighted by atomic mass is 9.63. The van der Waals surface area contributed by atoms with Crippen molar-refractivity contribution >= 4 is 12.6 Å². The second-order valence-corrected chi connectivity index (χ2v) is 7.27. The van der Waals surface area contributed by atoms with Crippen LogP contribution in [0.25, 0.3) is 0 Å². The largest absolute Gasteiger partial charge is 0.456 e. The number of rotatable bonds is 1. The molecule has 0 N–H and O–H groups in total. The van der Waals surface area contributed by atoms with E-state index in [0.717, 1.165) is 19.3 Å². The average Bonchev–Trinajstić information content (AvgIpc) is 2.71. The van der Waals surface area contributed by atoms with Crippen LogP contribution >= 0.6 is 12.6 Å². The lowest BCUT2D eigenvalue weighted by Gasteiger charge is -2.56. The highest BCUT2D eigenvalue weighted by molar-refractivity contribution is 7.80. The van der Waals surface area contributed by atoms with E-state index < -0.39 is 35.5 Å². The van der Waals surface area contributed by atoms with E-state index in [4.69, 9.17) is 19.2 Å². The summed E-state index contributed by atoms with van der Waals surface area (Å²) in [5, 5.41) is 0. The molecule has 4 heterocycles. The van der Waals surface area contributed by atoms with E-state index in [9.17, 15) is 13.2 Å². The Morgan fingerprint density at radius 1 is 1.22 bits per heavy atom. The van der Waals surface area contributed by atoms with E-state index in [1.54, 1.807) is 6.92 Å². The Bertz CT molecular complexity index is 551. The zero-order chi connectivity index (χ0) is 16.5. The molecule has 1 spiro atoms. The van der Waals surface area contributed by atoms with E-state index in [-0.39, 0.29) is 17.2 Å². The van der Waals surface area contributed by atoms with Crippen LogP contribution in [-0.4, -0.2) is 29.6 Å². The van der Waals surface area contributed by atoms with Gasteiger partial charge in [0.05, 0.1) is 0 Å². The van der Waals surface area contributed by atoms with Crippen LogP contribution in [0.5, 0.6) is 0 Å². The first-order chi connectivity index (χ1) is 10.8. The van der Waals surface area contributed by atoms with Gasteiger partial charge in [-0.25, -0.2) is 9.78 Å². The van der Waals surface area contributed by atoms with Crippen molar-refractivity contribution in [1.82, 2.24) is 0 Å². The molecule has 5 aliphatic rings. The van der Waals surface area contributed by atoms with Crippen LogP contribution in [-0.2, 0) is 19.2 Å². The van der Waals surface area contributed by atoms with Gasteiger partial charge in [0.15, 0.2) is 5.60 Å². The van der Waals surface area contributed by atoms with Gasteiger partial charge in [-0.3, -0.25) is 0 Å². The summed E-state index contributed by atoms with van der Waals surface area (Å²) in [4.78, 5) is 11.2. The second kappa shape index (κ2) is 5.03. The van der Waals surface area contributed by atoms with Gasteiger partial charge >= 0.3 is 6.18 Å². The zero-order valence-corrected chi connectivity index (χ0v) is 13.6. The fourth-order valence-corrected chi connectivity index (χ4v) is 4.93. The molecule has 2 unspecified atom stereocenters. The third-order valence-corrected chi connectivity index (χ3v) is 5.97. The minimum atomic E-state index is -4.57. The fourth-order valence-electron chi connectivity index (χ4n) is 4.57. The van der Waals surface area contributed by atoms with Gasteiger partial charge in [-0.1, -0.05) is 6.42 Å². The first-order valence-corrected chi connectivity index (χ1v) is 8.56. The predicted octanol–water partition coefficient (Wildman–Crippen LogP) is 3.73. The van der Waals surface area contributed by atoms with Gasteiger partial charge in [0.25, 0.3) is 0 Å². The molecule has 5 atom stereocenters. The maximum atomic E-state index is 13.5. The van der Waals surface area contributed by atoms with Gasteiger partial charge in [-0.05, 0) is 37.7 Å². The number of allylic oxidation sites excluding steroid dienone is 1. The quantitative estimate of drug-likeness (QED) is 0.576. The van der Waals surface area contributed by atoms with Crippen molar-refractivity contribution in [1.29, 1.82) is 0 Å². The molecule has 3 saturated heterocycles. The minimum Gasteiger partial charge on any atom is -0.456 e. The van der Waals surface area contributed by atoms with Gasteiger partial charge in [0.2, 0.25) is 17.8 Å². The van der Waals surface area contributed by atoms with Crippen LogP contribution in [0.4, 0.5) is 13.2 Å². The number of hydrogen-bond donors (Lipinski definition) is 1. The van der Waals surface area contributed by atoms with Crippen LogP contribution in [0.1, 0.15) is 39.0 Å². The molecule has 23 heavy (non-hydrogen) atoms. The highest BCUT2D eigenvalue weighted by Gasteiger charge is 2.68. The fraction of sp³-hybridized carbons (Fsp3) is 0.867. The third-order valence-electron chi connectivity index (χ3n) is 5.63. The van der Waals surface area contributed by atoms with Crippen LogP contribution in [0.2, 0.25) is 0 Å². The second-order valence-electron chi connectivity index (χ2n) is 6.95. The van der Waals surface area contributed by atoms with Gasteiger partial charge in [-0.15, -0.1) is 0 Å². The average molecular weight is 352 g/mol.